The summed E-state index contributed by atoms with van der Waals surface area (Å²) < 4.78 is 12.7. The molecule has 1 aliphatic rings. The van der Waals surface area contributed by atoms with E-state index in [2.05, 4.69) is 79.4 Å². The molecule has 1 saturated heterocycles. The van der Waals surface area contributed by atoms with E-state index in [9.17, 15) is 5.11 Å². The SMILES string of the molecule is C=C1C[C@H](CO)O[C@@H]1CCCOC(c1ccccc1)(c1ccccc1)c1ccccc1. The summed E-state index contributed by atoms with van der Waals surface area (Å²) in [5, 5.41) is 9.37. The molecule has 3 aromatic rings. The van der Waals surface area contributed by atoms with Crippen LogP contribution in [0.15, 0.2) is 103 Å². The van der Waals surface area contributed by atoms with Crippen LogP contribution in [-0.2, 0) is 15.1 Å². The molecule has 0 saturated carbocycles. The minimum atomic E-state index is -0.690. The molecule has 1 N–H and O–H groups in total. The number of hydrogen-bond acceptors (Lipinski definition) is 3. The summed E-state index contributed by atoms with van der Waals surface area (Å²) in [7, 11) is 0. The maximum Gasteiger partial charge on any atom is 0.143 e. The molecule has 160 valence electrons. The fourth-order valence-corrected chi connectivity index (χ4v) is 4.44. The van der Waals surface area contributed by atoms with Crippen LogP contribution >= 0.6 is 0 Å². The molecule has 3 aromatic carbocycles. The van der Waals surface area contributed by atoms with Crippen molar-refractivity contribution in [2.75, 3.05) is 13.2 Å². The molecule has 0 spiro atoms. The topological polar surface area (TPSA) is 38.7 Å². The molecule has 1 heterocycles. The molecule has 31 heavy (non-hydrogen) atoms. The zero-order chi connectivity index (χ0) is 21.5. The highest BCUT2D eigenvalue weighted by molar-refractivity contribution is 5.47. The van der Waals surface area contributed by atoms with Gasteiger partial charge in [0.25, 0.3) is 0 Å². The van der Waals surface area contributed by atoms with Gasteiger partial charge in [0.1, 0.15) is 5.60 Å². The zero-order valence-corrected chi connectivity index (χ0v) is 17.8. The van der Waals surface area contributed by atoms with Crippen molar-refractivity contribution >= 4 is 0 Å². The van der Waals surface area contributed by atoms with E-state index in [1.165, 1.54) is 0 Å². The minimum absolute atomic E-state index is 0.000302. The van der Waals surface area contributed by atoms with Crippen molar-refractivity contribution in [2.45, 2.75) is 37.1 Å². The summed E-state index contributed by atoms with van der Waals surface area (Å²) in [5.41, 5.74) is 3.70. The van der Waals surface area contributed by atoms with E-state index in [-0.39, 0.29) is 18.8 Å². The van der Waals surface area contributed by atoms with E-state index >= 15 is 0 Å². The van der Waals surface area contributed by atoms with Crippen LogP contribution in [0.3, 0.4) is 0 Å². The standard InChI is InChI=1S/C28H30O3/c1-22-20-26(21-29)31-27(22)18-11-19-30-28(23-12-5-2-6-13-23,24-14-7-3-8-15-24)25-16-9-4-10-17-25/h2-10,12-17,26-27,29H,1,11,18-21H2/t26-,27-/m1/s1. The third-order valence-electron chi connectivity index (χ3n) is 5.98. The van der Waals surface area contributed by atoms with Crippen LogP contribution in [0.5, 0.6) is 0 Å². The lowest BCUT2D eigenvalue weighted by molar-refractivity contribution is -0.00858. The average molecular weight is 415 g/mol. The number of aliphatic hydroxyl groups is 1. The fraction of sp³-hybridized carbons (Fsp3) is 0.286. The summed E-state index contributed by atoms with van der Waals surface area (Å²) in [4.78, 5) is 0. The van der Waals surface area contributed by atoms with E-state index in [4.69, 9.17) is 9.47 Å². The molecule has 0 aromatic heterocycles. The molecular weight excluding hydrogens is 384 g/mol. The van der Waals surface area contributed by atoms with Gasteiger partial charge in [-0.2, -0.15) is 0 Å². The van der Waals surface area contributed by atoms with E-state index in [1.54, 1.807) is 0 Å². The second-order valence-corrected chi connectivity index (χ2v) is 8.06. The predicted octanol–water partition coefficient (Wildman–Crippen LogP) is 5.48. The Hall–Kier alpha value is -2.72. The second kappa shape index (κ2) is 10.1. The second-order valence-electron chi connectivity index (χ2n) is 8.06. The Morgan fingerprint density at radius 3 is 1.74 bits per heavy atom. The van der Waals surface area contributed by atoms with Gasteiger partial charge in [0.2, 0.25) is 0 Å². The first-order valence-corrected chi connectivity index (χ1v) is 11.0. The predicted molar refractivity (Wildman–Crippen MR) is 124 cm³/mol. The van der Waals surface area contributed by atoms with Crippen molar-refractivity contribution < 1.29 is 14.6 Å². The molecule has 0 amide bonds. The smallest absolute Gasteiger partial charge is 0.143 e. The van der Waals surface area contributed by atoms with E-state index in [1.807, 2.05) is 18.2 Å². The van der Waals surface area contributed by atoms with Gasteiger partial charge in [-0.25, -0.2) is 0 Å². The van der Waals surface area contributed by atoms with Crippen LogP contribution in [0.4, 0.5) is 0 Å². The number of aliphatic hydroxyl groups excluding tert-OH is 1. The summed E-state index contributed by atoms with van der Waals surface area (Å²) in [6.07, 6.45) is 2.31. The van der Waals surface area contributed by atoms with Gasteiger partial charge in [-0.1, -0.05) is 97.6 Å². The lowest BCUT2D eigenvalue weighted by atomic mass is 9.80. The number of hydrogen-bond donors (Lipinski definition) is 1. The summed E-state index contributed by atoms with van der Waals surface area (Å²) >= 11 is 0. The monoisotopic (exact) mass is 414 g/mol. The first kappa shape index (κ1) is 21.5. The largest absolute Gasteiger partial charge is 0.394 e. The molecule has 1 fully saturated rings. The molecule has 1 aliphatic heterocycles. The van der Waals surface area contributed by atoms with Crippen molar-refractivity contribution in [2.24, 2.45) is 0 Å². The van der Waals surface area contributed by atoms with Crippen molar-refractivity contribution in [3.63, 3.8) is 0 Å². The average Bonchev–Trinajstić information content (AvgIpc) is 3.20. The first-order valence-electron chi connectivity index (χ1n) is 11.0. The van der Waals surface area contributed by atoms with Gasteiger partial charge in [0.15, 0.2) is 0 Å². The molecule has 2 atom stereocenters. The van der Waals surface area contributed by atoms with Gasteiger partial charge in [0, 0.05) is 6.61 Å². The van der Waals surface area contributed by atoms with Crippen molar-refractivity contribution in [1.82, 2.24) is 0 Å². The van der Waals surface area contributed by atoms with Crippen LogP contribution in [0.25, 0.3) is 0 Å². The third kappa shape index (κ3) is 4.64. The van der Waals surface area contributed by atoms with Gasteiger partial charge >= 0.3 is 0 Å². The molecule has 0 unspecified atom stereocenters. The number of rotatable bonds is 9. The molecule has 3 heteroatoms. The maximum atomic E-state index is 9.37. The van der Waals surface area contributed by atoms with Crippen LogP contribution in [0, 0.1) is 0 Å². The highest BCUT2D eigenvalue weighted by Gasteiger charge is 2.37. The Morgan fingerprint density at radius 1 is 0.839 bits per heavy atom. The third-order valence-corrected chi connectivity index (χ3v) is 5.98. The fourth-order valence-electron chi connectivity index (χ4n) is 4.44. The first-order chi connectivity index (χ1) is 15.2. The molecule has 0 aliphatic carbocycles. The van der Waals surface area contributed by atoms with Gasteiger partial charge in [0.05, 0.1) is 18.8 Å². The van der Waals surface area contributed by atoms with Gasteiger partial charge in [-0.3, -0.25) is 0 Å². The van der Waals surface area contributed by atoms with Gasteiger partial charge in [-0.05, 0) is 41.5 Å². The Morgan fingerprint density at radius 2 is 1.32 bits per heavy atom. The zero-order valence-electron chi connectivity index (χ0n) is 17.8. The van der Waals surface area contributed by atoms with Crippen LogP contribution in [0.2, 0.25) is 0 Å². The molecule has 3 nitrogen and oxygen atoms in total. The Labute approximate surface area is 185 Å². The lowest BCUT2D eigenvalue weighted by Gasteiger charge is -2.36. The van der Waals surface area contributed by atoms with Crippen molar-refractivity contribution in [3.05, 3.63) is 120 Å². The number of benzene rings is 3. The van der Waals surface area contributed by atoms with Crippen molar-refractivity contribution in [3.8, 4) is 0 Å². The Balaban J connectivity index is 1.61. The minimum Gasteiger partial charge on any atom is -0.394 e. The maximum absolute atomic E-state index is 9.37. The highest BCUT2D eigenvalue weighted by Crippen LogP contribution is 2.40. The van der Waals surface area contributed by atoms with Crippen LogP contribution < -0.4 is 0 Å². The van der Waals surface area contributed by atoms with E-state index in [0.29, 0.717) is 6.61 Å². The molecular formula is C28H30O3. The van der Waals surface area contributed by atoms with Gasteiger partial charge < -0.3 is 14.6 Å². The summed E-state index contributed by atoms with van der Waals surface area (Å²) in [5.74, 6) is 0. The summed E-state index contributed by atoms with van der Waals surface area (Å²) in [6.45, 7) is 4.75. The summed E-state index contributed by atoms with van der Waals surface area (Å²) in [6, 6.07) is 31.3. The number of ether oxygens (including phenoxy) is 2. The van der Waals surface area contributed by atoms with Crippen LogP contribution in [-0.4, -0.2) is 30.5 Å². The Kier molecular flexibility index (Phi) is 6.98. The quantitative estimate of drug-likeness (QED) is 0.286. The molecule has 0 radical (unpaired) electrons. The highest BCUT2D eigenvalue weighted by atomic mass is 16.5. The Bertz CT molecular complexity index is 857. The lowest BCUT2D eigenvalue weighted by Crippen LogP contribution is -2.33. The van der Waals surface area contributed by atoms with Crippen LogP contribution in [0.1, 0.15) is 36.0 Å². The van der Waals surface area contributed by atoms with E-state index < -0.39 is 5.60 Å². The van der Waals surface area contributed by atoms with Crippen molar-refractivity contribution in [1.29, 1.82) is 0 Å². The molecule has 4 rings (SSSR count). The van der Waals surface area contributed by atoms with E-state index in [0.717, 1.165) is 41.5 Å². The molecule has 0 bridgehead atoms. The van der Waals surface area contributed by atoms with Gasteiger partial charge in [-0.15, -0.1) is 0 Å². The normalized spacial score (nSPS) is 18.9.